The molecule has 0 aromatic rings. The van der Waals surface area contributed by atoms with Gasteiger partial charge in [-0.2, -0.15) is 4.31 Å². The van der Waals surface area contributed by atoms with Crippen molar-refractivity contribution in [1.29, 1.82) is 0 Å². The zero-order chi connectivity index (χ0) is 17.9. The lowest BCUT2D eigenvalue weighted by Gasteiger charge is -2.31. The summed E-state index contributed by atoms with van der Waals surface area (Å²) < 4.78 is 31.7. The molecule has 0 spiro atoms. The number of rotatable bonds is 8. The molecule has 0 aromatic carbocycles. The van der Waals surface area contributed by atoms with Gasteiger partial charge in [-0.3, -0.25) is 0 Å². The molecule has 144 valence electrons. The second-order valence-electron chi connectivity index (χ2n) is 8.16. The first-order valence-corrected chi connectivity index (χ1v) is 11.4. The van der Waals surface area contributed by atoms with Gasteiger partial charge in [0.05, 0.1) is 0 Å². The third-order valence-electron chi connectivity index (χ3n) is 6.31. The van der Waals surface area contributed by atoms with Gasteiger partial charge in [0, 0.05) is 31.2 Å². The third-order valence-corrected chi connectivity index (χ3v) is 8.23. The molecule has 0 aromatic heterocycles. The van der Waals surface area contributed by atoms with Gasteiger partial charge < -0.3 is 10.1 Å². The maximum atomic E-state index is 12.1. The van der Waals surface area contributed by atoms with Crippen LogP contribution in [0.3, 0.4) is 0 Å². The van der Waals surface area contributed by atoms with E-state index in [1.165, 1.54) is 38.8 Å². The molecule has 0 unspecified atom stereocenters. The minimum absolute atomic E-state index is 0.245. The van der Waals surface area contributed by atoms with Crippen LogP contribution >= 0.6 is 0 Å². The largest absolute Gasteiger partial charge is 0.381 e. The predicted molar refractivity (Wildman–Crippen MR) is 101 cm³/mol. The van der Waals surface area contributed by atoms with Crippen LogP contribution in [0.5, 0.6) is 0 Å². The zero-order valence-corrected chi connectivity index (χ0v) is 16.4. The van der Waals surface area contributed by atoms with Crippen molar-refractivity contribution in [2.75, 3.05) is 39.4 Å². The maximum absolute atomic E-state index is 12.1. The summed E-state index contributed by atoms with van der Waals surface area (Å²) in [5.41, 5.74) is 0. The minimum Gasteiger partial charge on any atom is -0.381 e. The van der Waals surface area contributed by atoms with Crippen LogP contribution in [-0.4, -0.2) is 52.1 Å². The SMILES string of the molecule is C=C(C)S(=O)(=O)N1CCC(COCC[C@@H]2C[C@@H]2C2CCNCC2)CC1. The summed E-state index contributed by atoms with van der Waals surface area (Å²) in [5, 5.41) is 3.45. The predicted octanol–water partition coefficient (Wildman–Crippen LogP) is 2.60. The third kappa shape index (κ3) is 5.06. The summed E-state index contributed by atoms with van der Waals surface area (Å²) in [6, 6.07) is 0. The average Bonchev–Trinajstić information content (AvgIpc) is 3.39. The van der Waals surface area contributed by atoms with Crippen molar-refractivity contribution >= 4 is 10.0 Å². The van der Waals surface area contributed by atoms with Crippen LogP contribution in [-0.2, 0) is 14.8 Å². The van der Waals surface area contributed by atoms with Gasteiger partial charge in [0.15, 0.2) is 0 Å². The fourth-order valence-electron chi connectivity index (χ4n) is 4.47. The topological polar surface area (TPSA) is 58.6 Å². The molecule has 2 atom stereocenters. The smallest absolute Gasteiger partial charge is 0.238 e. The van der Waals surface area contributed by atoms with Crippen molar-refractivity contribution in [2.45, 2.75) is 45.4 Å². The Balaban J connectivity index is 1.27. The Morgan fingerprint density at radius 1 is 1.20 bits per heavy atom. The van der Waals surface area contributed by atoms with Gasteiger partial charge in [-0.15, -0.1) is 0 Å². The van der Waals surface area contributed by atoms with E-state index < -0.39 is 10.0 Å². The molecule has 0 amide bonds. The van der Waals surface area contributed by atoms with Crippen molar-refractivity contribution < 1.29 is 13.2 Å². The monoisotopic (exact) mass is 370 g/mol. The Labute approximate surface area is 153 Å². The van der Waals surface area contributed by atoms with Gasteiger partial charge in [-0.1, -0.05) is 6.58 Å². The van der Waals surface area contributed by atoms with E-state index in [1.54, 1.807) is 11.2 Å². The van der Waals surface area contributed by atoms with Gasteiger partial charge in [-0.05, 0) is 82.2 Å². The first-order valence-electron chi connectivity index (χ1n) is 9.92. The fraction of sp³-hybridized carbons (Fsp3) is 0.895. The van der Waals surface area contributed by atoms with E-state index >= 15 is 0 Å². The van der Waals surface area contributed by atoms with E-state index in [9.17, 15) is 8.42 Å². The molecule has 2 heterocycles. The molecule has 3 fully saturated rings. The standard InChI is InChI=1S/C19H34N2O3S/c1-15(2)25(22,23)21-10-5-16(6-11-21)14-24-12-7-18-13-19(18)17-3-8-20-9-4-17/h16-20H,1,3-14H2,2H3/t18-,19-/m1/s1. The second-order valence-corrected chi connectivity index (χ2v) is 10.3. The van der Waals surface area contributed by atoms with Crippen molar-refractivity contribution in [3.63, 3.8) is 0 Å². The summed E-state index contributed by atoms with van der Waals surface area (Å²) in [6.07, 6.45) is 7.12. The van der Waals surface area contributed by atoms with E-state index in [0.29, 0.717) is 19.0 Å². The normalized spacial score (nSPS) is 29.6. The Hall–Kier alpha value is -0.430. The highest BCUT2D eigenvalue weighted by atomic mass is 32.2. The number of nitrogens with zero attached hydrogens (tertiary/aromatic N) is 1. The molecule has 5 nitrogen and oxygen atoms in total. The summed E-state index contributed by atoms with van der Waals surface area (Å²) >= 11 is 0. The van der Waals surface area contributed by atoms with Crippen LogP contribution < -0.4 is 5.32 Å². The van der Waals surface area contributed by atoms with Crippen molar-refractivity contribution in [3.8, 4) is 0 Å². The quantitative estimate of drug-likeness (QED) is 0.667. The molecule has 0 radical (unpaired) electrons. The summed E-state index contributed by atoms with van der Waals surface area (Å²) in [6.45, 7) is 10.4. The molecular formula is C19H34N2O3S. The Morgan fingerprint density at radius 3 is 2.52 bits per heavy atom. The van der Waals surface area contributed by atoms with Crippen LogP contribution in [0.25, 0.3) is 0 Å². The van der Waals surface area contributed by atoms with Crippen molar-refractivity contribution in [2.24, 2.45) is 23.7 Å². The second kappa shape index (κ2) is 8.51. The number of ether oxygens (including phenoxy) is 1. The van der Waals surface area contributed by atoms with E-state index in [2.05, 4.69) is 11.9 Å². The molecule has 3 rings (SSSR count). The lowest BCUT2D eigenvalue weighted by atomic mass is 9.91. The van der Waals surface area contributed by atoms with Gasteiger partial charge in [0.25, 0.3) is 0 Å². The zero-order valence-electron chi connectivity index (χ0n) is 15.6. The summed E-state index contributed by atoms with van der Waals surface area (Å²) in [5.74, 6) is 3.30. The molecule has 1 aliphatic carbocycles. The molecule has 0 bridgehead atoms. The molecule has 3 aliphatic rings. The molecule has 25 heavy (non-hydrogen) atoms. The fourth-order valence-corrected chi connectivity index (χ4v) is 5.61. The Kier molecular flexibility index (Phi) is 6.58. The van der Waals surface area contributed by atoms with Crippen LogP contribution in [0.4, 0.5) is 0 Å². The van der Waals surface area contributed by atoms with Gasteiger partial charge in [0.2, 0.25) is 10.0 Å². The van der Waals surface area contributed by atoms with E-state index in [-0.39, 0.29) is 4.91 Å². The van der Waals surface area contributed by atoms with E-state index in [4.69, 9.17) is 4.74 Å². The van der Waals surface area contributed by atoms with Crippen molar-refractivity contribution in [3.05, 3.63) is 11.5 Å². The number of sulfonamides is 1. The summed E-state index contributed by atoms with van der Waals surface area (Å²) in [4.78, 5) is 0.245. The van der Waals surface area contributed by atoms with Gasteiger partial charge in [-0.25, -0.2) is 8.42 Å². The first-order chi connectivity index (χ1) is 12.0. The highest BCUT2D eigenvalue weighted by molar-refractivity contribution is 7.92. The molecule has 6 heteroatoms. The van der Waals surface area contributed by atoms with Crippen LogP contribution in [0.15, 0.2) is 11.5 Å². The maximum Gasteiger partial charge on any atom is 0.238 e. The molecule has 2 saturated heterocycles. The van der Waals surface area contributed by atoms with Crippen LogP contribution in [0, 0.1) is 23.7 Å². The molecular weight excluding hydrogens is 336 g/mol. The lowest BCUT2D eigenvalue weighted by Crippen LogP contribution is -2.39. The molecule has 1 N–H and O–H groups in total. The molecule has 1 saturated carbocycles. The first kappa shape index (κ1) is 19.3. The summed E-state index contributed by atoms with van der Waals surface area (Å²) in [7, 11) is -3.27. The molecule has 2 aliphatic heterocycles. The average molecular weight is 371 g/mol. The van der Waals surface area contributed by atoms with Gasteiger partial charge >= 0.3 is 0 Å². The minimum atomic E-state index is -3.27. The van der Waals surface area contributed by atoms with Crippen LogP contribution in [0.1, 0.15) is 45.4 Å². The van der Waals surface area contributed by atoms with E-state index in [0.717, 1.165) is 43.8 Å². The highest BCUT2D eigenvalue weighted by Gasteiger charge is 2.42. The van der Waals surface area contributed by atoms with Crippen molar-refractivity contribution in [1.82, 2.24) is 9.62 Å². The van der Waals surface area contributed by atoms with Gasteiger partial charge in [0.1, 0.15) is 0 Å². The lowest BCUT2D eigenvalue weighted by molar-refractivity contribution is 0.0745. The number of allylic oxidation sites excluding steroid dienone is 1. The van der Waals surface area contributed by atoms with Crippen LogP contribution in [0.2, 0.25) is 0 Å². The number of hydrogen-bond donors (Lipinski definition) is 1. The highest BCUT2D eigenvalue weighted by Crippen LogP contribution is 2.49. The Bertz CT molecular complexity index is 549. The number of piperidine rings is 2. The number of nitrogens with one attached hydrogen (secondary N) is 1. The van der Waals surface area contributed by atoms with E-state index in [1.807, 2.05) is 0 Å². The number of hydrogen-bond acceptors (Lipinski definition) is 4. The Morgan fingerprint density at radius 2 is 1.88 bits per heavy atom.